The van der Waals surface area contributed by atoms with Crippen LogP contribution in [-0.4, -0.2) is 5.11 Å². The van der Waals surface area contributed by atoms with E-state index < -0.39 is 11.0 Å². The minimum Gasteiger partial charge on any atom is -0.383 e. The second-order valence-corrected chi connectivity index (χ2v) is 5.77. The van der Waals surface area contributed by atoms with Crippen molar-refractivity contribution in [3.8, 4) is 6.07 Å². The molecule has 2 aliphatic carbocycles. The standard InChI is InChI=1S/C16H19NO/c17-12-15(9-5-10-15)16(18)11-4-3-7-13-6-1-2-8-14(13)16/h1-2,6,8,18H,3-5,7,9-11H2. The molecule has 1 atom stereocenters. The summed E-state index contributed by atoms with van der Waals surface area (Å²) in [5.74, 6) is 0. The molecular formula is C16H19NO. The maximum absolute atomic E-state index is 11.3. The topological polar surface area (TPSA) is 44.0 Å². The van der Waals surface area contributed by atoms with E-state index in [1.807, 2.05) is 18.2 Å². The van der Waals surface area contributed by atoms with Crippen molar-refractivity contribution in [1.29, 1.82) is 5.26 Å². The lowest BCUT2D eigenvalue weighted by atomic mass is 9.56. The predicted molar refractivity (Wildman–Crippen MR) is 69.8 cm³/mol. The third-order valence-electron chi connectivity index (χ3n) is 4.91. The molecule has 1 unspecified atom stereocenters. The Morgan fingerprint density at radius 1 is 1.06 bits per heavy atom. The number of rotatable bonds is 1. The lowest BCUT2D eigenvalue weighted by Gasteiger charge is -2.49. The summed E-state index contributed by atoms with van der Waals surface area (Å²) in [4.78, 5) is 0. The Kier molecular flexibility index (Phi) is 2.68. The summed E-state index contributed by atoms with van der Waals surface area (Å²) >= 11 is 0. The van der Waals surface area contributed by atoms with Gasteiger partial charge in [-0.3, -0.25) is 0 Å². The van der Waals surface area contributed by atoms with Crippen LogP contribution in [0, 0.1) is 16.7 Å². The van der Waals surface area contributed by atoms with Crippen LogP contribution in [0.2, 0.25) is 0 Å². The average Bonchev–Trinajstić information content (AvgIpc) is 2.50. The SMILES string of the molecule is N#CC1(C2(O)CCCCc3ccccc32)CCC1. The zero-order valence-corrected chi connectivity index (χ0v) is 10.7. The second kappa shape index (κ2) is 4.10. The third kappa shape index (κ3) is 1.44. The molecule has 94 valence electrons. The quantitative estimate of drug-likeness (QED) is 0.767. The average molecular weight is 241 g/mol. The van der Waals surface area contributed by atoms with Gasteiger partial charge in [-0.25, -0.2) is 0 Å². The van der Waals surface area contributed by atoms with Gasteiger partial charge in [0, 0.05) is 0 Å². The molecule has 1 aromatic carbocycles. The summed E-state index contributed by atoms with van der Waals surface area (Å²) in [5, 5.41) is 20.8. The van der Waals surface area contributed by atoms with E-state index in [0.29, 0.717) is 0 Å². The molecule has 2 nitrogen and oxygen atoms in total. The van der Waals surface area contributed by atoms with Crippen molar-refractivity contribution < 1.29 is 5.11 Å². The minimum atomic E-state index is -0.924. The van der Waals surface area contributed by atoms with Crippen LogP contribution in [-0.2, 0) is 12.0 Å². The Morgan fingerprint density at radius 2 is 1.83 bits per heavy atom. The number of benzene rings is 1. The van der Waals surface area contributed by atoms with E-state index in [-0.39, 0.29) is 0 Å². The Bertz CT molecular complexity index is 498. The van der Waals surface area contributed by atoms with Crippen molar-refractivity contribution in [1.82, 2.24) is 0 Å². The van der Waals surface area contributed by atoms with Crippen LogP contribution in [0.4, 0.5) is 0 Å². The molecule has 1 N–H and O–H groups in total. The van der Waals surface area contributed by atoms with Crippen molar-refractivity contribution in [2.24, 2.45) is 5.41 Å². The molecule has 0 bridgehead atoms. The predicted octanol–water partition coefficient (Wildman–Crippen LogP) is 3.29. The van der Waals surface area contributed by atoms with Gasteiger partial charge in [0.05, 0.1) is 11.5 Å². The van der Waals surface area contributed by atoms with Gasteiger partial charge in [-0.15, -0.1) is 0 Å². The monoisotopic (exact) mass is 241 g/mol. The van der Waals surface area contributed by atoms with E-state index >= 15 is 0 Å². The number of fused-ring (bicyclic) bond motifs is 1. The second-order valence-electron chi connectivity index (χ2n) is 5.77. The van der Waals surface area contributed by atoms with Gasteiger partial charge in [-0.1, -0.05) is 30.7 Å². The Morgan fingerprint density at radius 3 is 2.50 bits per heavy atom. The van der Waals surface area contributed by atoms with Crippen LogP contribution in [0.25, 0.3) is 0 Å². The third-order valence-corrected chi connectivity index (χ3v) is 4.91. The van der Waals surface area contributed by atoms with Crippen LogP contribution in [0.3, 0.4) is 0 Å². The van der Waals surface area contributed by atoms with Gasteiger partial charge in [0.15, 0.2) is 0 Å². The van der Waals surface area contributed by atoms with Crippen LogP contribution >= 0.6 is 0 Å². The summed E-state index contributed by atoms with van der Waals surface area (Å²) < 4.78 is 0. The van der Waals surface area contributed by atoms with E-state index in [9.17, 15) is 10.4 Å². The summed E-state index contributed by atoms with van der Waals surface area (Å²) in [6.07, 6.45) is 6.63. The summed E-state index contributed by atoms with van der Waals surface area (Å²) in [6, 6.07) is 10.6. The molecule has 1 saturated carbocycles. The Labute approximate surface area is 108 Å². The highest BCUT2D eigenvalue weighted by atomic mass is 16.3. The highest BCUT2D eigenvalue weighted by Crippen LogP contribution is 2.56. The lowest BCUT2D eigenvalue weighted by Crippen LogP contribution is -2.49. The normalized spacial score (nSPS) is 29.6. The van der Waals surface area contributed by atoms with E-state index in [2.05, 4.69) is 12.1 Å². The fourth-order valence-electron chi connectivity index (χ4n) is 3.62. The molecule has 0 saturated heterocycles. The molecule has 1 fully saturated rings. The highest BCUT2D eigenvalue weighted by Gasteiger charge is 2.56. The maximum atomic E-state index is 11.3. The van der Waals surface area contributed by atoms with Crippen molar-refractivity contribution in [2.75, 3.05) is 0 Å². The molecule has 1 aromatic rings. The fourth-order valence-corrected chi connectivity index (χ4v) is 3.62. The molecule has 0 spiro atoms. The molecular weight excluding hydrogens is 222 g/mol. The van der Waals surface area contributed by atoms with Gasteiger partial charge in [0.25, 0.3) is 0 Å². The van der Waals surface area contributed by atoms with Crippen molar-refractivity contribution in [3.63, 3.8) is 0 Å². The van der Waals surface area contributed by atoms with Gasteiger partial charge in [0.1, 0.15) is 5.60 Å². The summed E-state index contributed by atoms with van der Waals surface area (Å²) in [5.41, 5.74) is 0.795. The molecule has 2 aliphatic rings. The first-order valence-electron chi connectivity index (χ1n) is 6.94. The van der Waals surface area contributed by atoms with E-state index in [1.165, 1.54) is 5.56 Å². The van der Waals surface area contributed by atoms with Crippen LogP contribution in [0.15, 0.2) is 24.3 Å². The van der Waals surface area contributed by atoms with Gasteiger partial charge in [-0.2, -0.15) is 5.26 Å². The highest BCUT2D eigenvalue weighted by molar-refractivity contribution is 5.38. The molecule has 18 heavy (non-hydrogen) atoms. The maximum Gasteiger partial charge on any atom is 0.108 e. The van der Waals surface area contributed by atoms with Crippen LogP contribution < -0.4 is 0 Å². The van der Waals surface area contributed by atoms with Crippen molar-refractivity contribution in [3.05, 3.63) is 35.4 Å². The minimum absolute atomic E-state index is 0.534. The van der Waals surface area contributed by atoms with E-state index in [1.54, 1.807) is 0 Å². The van der Waals surface area contributed by atoms with E-state index in [0.717, 1.165) is 50.5 Å². The van der Waals surface area contributed by atoms with Gasteiger partial charge < -0.3 is 5.11 Å². The Hall–Kier alpha value is -1.33. The Balaban J connectivity index is 2.14. The first-order valence-corrected chi connectivity index (χ1v) is 6.94. The summed E-state index contributed by atoms with van der Waals surface area (Å²) in [6.45, 7) is 0. The molecule has 0 aliphatic heterocycles. The molecule has 0 aromatic heterocycles. The summed E-state index contributed by atoms with van der Waals surface area (Å²) in [7, 11) is 0. The van der Waals surface area contributed by atoms with Crippen LogP contribution in [0.5, 0.6) is 0 Å². The van der Waals surface area contributed by atoms with Crippen LogP contribution in [0.1, 0.15) is 49.7 Å². The number of nitrogens with zero attached hydrogens (tertiary/aromatic N) is 1. The number of hydrogen-bond donors (Lipinski definition) is 1. The molecule has 3 rings (SSSR count). The fraction of sp³-hybridized carbons (Fsp3) is 0.562. The van der Waals surface area contributed by atoms with Crippen molar-refractivity contribution >= 4 is 0 Å². The molecule has 2 heteroatoms. The first kappa shape index (κ1) is 11.7. The zero-order valence-electron chi connectivity index (χ0n) is 10.7. The molecule has 0 heterocycles. The lowest BCUT2D eigenvalue weighted by molar-refractivity contribution is -0.107. The molecule has 0 radical (unpaired) electrons. The number of nitriles is 1. The zero-order chi connectivity index (χ0) is 12.6. The number of hydrogen-bond acceptors (Lipinski definition) is 2. The van der Waals surface area contributed by atoms with E-state index in [4.69, 9.17) is 0 Å². The number of aliphatic hydroxyl groups is 1. The molecule has 0 amide bonds. The largest absolute Gasteiger partial charge is 0.383 e. The first-order chi connectivity index (χ1) is 8.72. The van der Waals surface area contributed by atoms with Crippen molar-refractivity contribution in [2.45, 2.75) is 50.5 Å². The number of aryl methyl sites for hydroxylation is 1. The van der Waals surface area contributed by atoms with Gasteiger partial charge >= 0.3 is 0 Å². The van der Waals surface area contributed by atoms with Gasteiger partial charge in [0.2, 0.25) is 0 Å². The smallest absolute Gasteiger partial charge is 0.108 e. The van der Waals surface area contributed by atoms with Gasteiger partial charge in [-0.05, 0) is 49.7 Å².